The minimum absolute atomic E-state index is 0.0398. The molecule has 3 aliphatic carbocycles. The van der Waals surface area contributed by atoms with Crippen molar-refractivity contribution in [1.29, 1.82) is 0 Å². The Bertz CT molecular complexity index is 1480. The molecule has 7 atom stereocenters. The van der Waals surface area contributed by atoms with Gasteiger partial charge >= 0.3 is 11.9 Å². The van der Waals surface area contributed by atoms with Gasteiger partial charge in [0.15, 0.2) is 5.78 Å². The summed E-state index contributed by atoms with van der Waals surface area (Å²) < 4.78 is 11.6. The maximum absolute atomic E-state index is 13.4. The van der Waals surface area contributed by atoms with Crippen molar-refractivity contribution >= 4 is 17.7 Å². The number of aliphatic hydroxyl groups is 3. The molecule has 0 amide bonds. The molecular formula is C34H36O8. The summed E-state index contributed by atoms with van der Waals surface area (Å²) in [6.45, 7) is 8.64. The lowest BCUT2D eigenvalue weighted by molar-refractivity contribution is -0.223. The summed E-state index contributed by atoms with van der Waals surface area (Å²) in [7, 11) is 0. The summed E-state index contributed by atoms with van der Waals surface area (Å²) >= 11 is 0. The molecule has 3 N–H and O–H groups in total. The zero-order chi connectivity index (χ0) is 30.4. The highest BCUT2D eigenvalue weighted by Crippen LogP contribution is 2.58. The molecule has 0 saturated heterocycles. The monoisotopic (exact) mass is 572 g/mol. The summed E-state index contributed by atoms with van der Waals surface area (Å²) in [6, 6.07) is 16.7. The molecule has 8 nitrogen and oxygen atoms in total. The quantitative estimate of drug-likeness (QED) is 0.350. The van der Waals surface area contributed by atoms with Gasteiger partial charge in [0, 0.05) is 18.3 Å². The van der Waals surface area contributed by atoms with Crippen molar-refractivity contribution in [3.05, 3.63) is 107 Å². The number of ketones is 1. The predicted molar refractivity (Wildman–Crippen MR) is 154 cm³/mol. The standard InChI is InChI=1S/C34H36O8/c1-20(2)32(38)17-22(4)34(40)26(29(32)42-31(37)25-13-9-6-10-14-25)16-23(18-33(39)27(34)15-21(3)28(33)35)19-41-30(36)24-11-7-5-8-12-24/h5-16,22,26-27,29,38-40H,1,17-19H2,2-4H3/t22-,26+,27-,29-,32-,33-,34-/m1/s1. The maximum Gasteiger partial charge on any atom is 0.338 e. The molecule has 42 heavy (non-hydrogen) atoms. The van der Waals surface area contributed by atoms with Crippen LogP contribution in [0.5, 0.6) is 0 Å². The predicted octanol–water partition coefficient (Wildman–Crippen LogP) is 3.97. The van der Waals surface area contributed by atoms with Crippen molar-refractivity contribution in [3.8, 4) is 0 Å². The van der Waals surface area contributed by atoms with Gasteiger partial charge in [-0.1, -0.05) is 62.1 Å². The van der Waals surface area contributed by atoms with Gasteiger partial charge in [-0.15, -0.1) is 0 Å². The van der Waals surface area contributed by atoms with E-state index in [0.29, 0.717) is 22.3 Å². The highest BCUT2D eigenvalue weighted by atomic mass is 16.6. The number of hydrogen-bond donors (Lipinski definition) is 3. The fourth-order valence-corrected chi connectivity index (χ4v) is 6.92. The van der Waals surface area contributed by atoms with Crippen LogP contribution in [0.2, 0.25) is 0 Å². The topological polar surface area (TPSA) is 130 Å². The van der Waals surface area contributed by atoms with Crippen LogP contribution in [0.25, 0.3) is 0 Å². The van der Waals surface area contributed by atoms with E-state index < -0.39 is 58.4 Å². The molecule has 0 aliphatic heterocycles. The second kappa shape index (κ2) is 10.8. The first-order chi connectivity index (χ1) is 19.8. The highest BCUT2D eigenvalue weighted by molar-refractivity contribution is 6.05. The highest BCUT2D eigenvalue weighted by Gasteiger charge is 2.68. The zero-order valence-corrected chi connectivity index (χ0v) is 23.9. The molecule has 0 aromatic heterocycles. The molecule has 8 heteroatoms. The molecule has 220 valence electrons. The number of ether oxygens (including phenoxy) is 2. The summed E-state index contributed by atoms with van der Waals surface area (Å²) in [4.78, 5) is 39.6. The fraction of sp³-hybridized carbons (Fsp3) is 0.382. The summed E-state index contributed by atoms with van der Waals surface area (Å²) in [5.41, 5.74) is -4.04. The molecule has 0 unspecified atom stereocenters. The van der Waals surface area contributed by atoms with Crippen LogP contribution < -0.4 is 0 Å². The van der Waals surface area contributed by atoms with E-state index in [1.807, 2.05) is 0 Å². The lowest BCUT2D eigenvalue weighted by Crippen LogP contribution is -2.68. The fourth-order valence-electron chi connectivity index (χ4n) is 6.92. The van der Waals surface area contributed by atoms with Crippen LogP contribution in [0.15, 0.2) is 96.1 Å². The van der Waals surface area contributed by atoms with E-state index in [0.717, 1.165) is 0 Å². The van der Waals surface area contributed by atoms with Gasteiger partial charge in [-0.3, -0.25) is 4.79 Å². The van der Waals surface area contributed by atoms with E-state index in [1.165, 1.54) is 0 Å². The third kappa shape index (κ3) is 4.73. The number of benzene rings is 2. The smallest absolute Gasteiger partial charge is 0.338 e. The lowest BCUT2D eigenvalue weighted by Gasteiger charge is -2.56. The van der Waals surface area contributed by atoms with Crippen molar-refractivity contribution in [1.82, 2.24) is 0 Å². The van der Waals surface area contributed by atoms with Crippen molar-refractivity contribution in [2.24, 2.45) is 17.8 Å². The average Bonchev–Trinajstić information content (AvgIpc) is 3.14. The Kier molecular flexibility index (Phi) is 7.60. The van der Waals surface area contributed by atoms with Crippen LogP contribution >= 0.6 is 0 Å². The second-order valence-electron chi connectivity index (χ2n) is 11.9. The first kappa shape index (κ1) is 29.6. The van der Waals surface area contributed by atoms with E-state index in [2.05, 4.69) is 6.58 Å². The summed E-state index contributed by atoms with van der Waals surface area (Å²) in [6.07, 6.45) is 1.57. The molecule has 0 radical (unpaired) electrons. The lowest BCUT2D eigenvalue weighted by atomic mass is 9.55. The second-order valence-corrected chi connectivity index (χ2v) is 11.9. The van der Waals surface area contributed by atoms with E-state index in [4.69, 9.17) is 9.47 Å². The largest absolute Gasteiger partial charge is 0.458 e. The third-order valence-electron chi connectivity index (χ3n) is 9.21. The number of carbonyl (C=O) groups is 3. The first-order valence-electron chi connectivity index (χ1n) is 14.1. The number of carbonyl (C=O) groups excluding carboxylic acids is 3. The molecule has 3 aliphatic rings. The van der Waals surface area contributed by atoms with E-state index >= 15 is 0 Å². The minimum atomic E-state index is -2.03. The molecule has 0 bridgehead atoms. The number of hydrogen-bond acceptors (Lipinski definition) is 8. The Morgan fingerprint density at radius 3 is 2.10 bits per heavy atom. The van der Waals surface area contributed by atoms with Crippen molar-refractivity contribution in [2.75, 3.05) is 6.61 Å². The Labute approximate surface area is 245 Å². The molecule has 0 spiro atoms. The van der Waals surface area contributed by atoms with Gasteiger partial charge in [-0.25, -0.2) is 9.59 Å². The van der Waals surface area contributed by atoms with E-state index in [1.54, 1.807) is 93.6 Å². The number of Topliss-reactive ketones (excluding diaryl/α,β-unsaturated/α-hetero) is 1. The Balaban J connectivity index is 1.62. The molecule has 0 heterocycles. The van der Waals surface area contributed by atoms with Gasteiger partial charge in [-0.05, 0) is 67.2 Å². The average molecular weight is 573 g/mol. The van der Waals surface area contributed by atoms with Crippen LogP contribution in [0, 0.1) is 17.8 Å². The van der Waals surface area contributed by atoms with Crippen LogP contribution in [-0.4, -0.2) is 62.6 Å². The van der Waals surface area contributed by atoms with E-state index in [9.17, 15) is 29.7 Å². The third-order valence-corrected chi connectivity index (χ3v) is 9.21. The molecule has 2 aromatic rings. The Morgan fingerprint density at radius 1 is 0.952 bits per heavy atom. The van der Waals surface area contributed by atoms with Crippen molar-refractivity contribution in [3.63, 3.8) is 0 Å². The van der Waals surface area contributed by atoms with Gasteiger partial charge in [-0.2, -0.15) is 0 Å². The molecular weight excluding hydrogens is 536 g/mol. The summed E-state index contributed by atoms with van der Waals surface area (Å²) in [5, 5.41) is 36.6. The van der Waals surface area contributed by atoms with Crippen LogP contribution in [-0.2, 0) is 14.3 Å². The van der Waals surface area contributed by atoms with Gasteiger partial charge in [0.2, 0.25) is 0 Å². The maximum atomic E-state index is 13.4. The number of rotatable bonds is 6. The minimum Gasteiger partial charge on any atom is -0.458 e. The number of fused-ring (bicyclic) bond motifs is 3. The molecule has 5 rings (SSSR count). The Hall–Kier alpha value is -3.85. The molecule has 2 aromatic carbocycles. The zero-order valence-electron chi connectivity index (χ0n) is 23.9. The SMILES string of the molecule is C=C(C)[C@]1(O)C[C@@H](C)[C@@]2(O)[C@@H](C=C(COC(=O)c3ccccc3)C[C@]3(O)C(=O)C(C)=C[C@@H]23)[C@H]1OC(=O)c1ccccc1. The Morgan fingerprint density at radius 2 is 1.52 bits per heavy atom. The van der Waals surface area contributed by atoms with Crippen LogP contribution in [0.1, 0.15) is 54.3 Å². The van der Waals surface area contributed by atoms with Gasteiger partial charge < -0.3 is 24.8 Å². The molecule has 1 fully saturated rings. The van der Waals surface area contributed by atoms with Gasteiger partial charge in [0.25, 0.3) is 0 Å². The number of esters is 2. The van der Waals surface area contributed by atoms with Crippen LogP contribution in [0.3, 0.4) is 0 Å². The van der Waals surface area contributed by atoms with E-state index in [-0.39, 0.29) is 25.0 Å². The van der Waals surface area contributed by atoms with Crippen molar-refractivity contribution in [2.45, 2.75) is 56.5 Å². The normalized spacial score (nSPS) is 33.8. The molecule has 1 saturated carbocycles. The van der Waals surface area contributed by atoms with Gasteiger partial charge in [0.1, 0.15) is 23.9 Å². The van der Waals surface area contributed by atoms with Crippen molar-refractivity contribution < 1.29 is 39.2 Å². The first-order valence-corrected chi connectivity index (χ1v) is 14.1. The van der Waals surface area contributed by atoms with Gasteiger partial charge in [0.05, 0.1) is 16.7 Å². The van der Waals surface area contributed by atoms with Crippen LogP contribution in [0.4, 0.5) is 0 Å². The summed E-state index contributed by atoms with van der Waals surface area (Å²) in [5.74, 6) is -4.71.